The van der Waals surface area contributed by atoms with Crippen LogP contribution in [0.4, 0.5) is 0 Å². The molecule has 3 nitrogen and oxygen atoms in total. The molecule has 0 amide bonds. The number of aryl methyl sites for hydroxylation is 1. The molecule has 1 aliphatic heterocycles. The predicted molar refractivity (Wildman–Crippen MR) is 77.4 cm³/mol. The molecule has 19 heavy (non-hydrogen) atoms. The van der Waals surface area contributed by atoms with Crippen LogP contribution >= 0.6 is 0 Å². The van der Waals surface area contributed by atoms with Gasteiger partial charge in [-0.15, -0.1) is 0 Å². The van der Waals surface area contributed by atoms with Gasteiger partial charge in [-0.3, -0.25) is 0 Å². The normalized spacial score (nSPS) is 20.6. The average Bonchev–Trinajstić information content (AvgIpc) is 3.09. The molecule has 3 heteroatoms. The van der Waals surface area contributed by atoms with Crippen LogP contribution in [0, 0.1) is 6.92 Å². The molecule has 0 aliphatic carbocycles. The van der Waals surface area contributed by atoms with Crippen molar-refractivity contribution in [3.05, 3.63) is 53.6 Å². The van der Waals surface area contributed by atoms with Crippen LogP contribution in [0.1, 0.15) is 42.1 Å². The second-order valence-electron chi connectivity index (χ2n) is 5.50. The van der Waals surface area contributed by atoms with Crippen molar-refractivity contribution >= 4 is 0 Å². The lowest BCUT2D eigenvalue weighted by Gasteiger charge is -2.20. The van der Waals surface area contributed by atoms with Crippen molar-refractivity contribution in [2.24, 2.45) is 0 Å². The van der Waals surface area contributed by atoms with Crippen molar-refractivity contribution in [1.82, 2.24) is 14.9 Å². The minimum absolute atomic E-state index is 0.346. The molecule has 0 spiro atoms. The van der Waals surface area contributed by atoms with E-state index in [0.717, 1.165) is 13.1 Å². The fourth-order valence-corrected chi connectivity index (χ4v) is 2.87. The second-order valence-corrected chi connectivity index (χ2v) is 5.50. The molecule has 1 aromatic carbocycles. The molecule has 2 aromatic rings. The second kappa shape index (κ2) is 5.17. The minimum Gasteiger partial charge on any atom is -0.327 e. The Hall–Kier alpha value is -1.61. The lowest BCUT2D eigenvalue weighted by molar-refractivity contribution is 0.574. The predicted octanol–water partition coefficient (Wildman–Crippen LogP) is 2.88. The number of hydrogen-bond acceptors (Lipinski definition) is 2. The third-order valence-electron chi connectivity index (χ3n) is 4.15. The van der Waals surface area contributed by atoms with Crippen molar-refractivity contribution < 1.29 is 0 Å². The van der Waals surface area contributed by atoms with Crippen LogP contribution in [-0.2, 0) is 0 Å². The van der Waals surface area contributed by atoms with E-state index < -0.39 is 0 Å². The first kappa shape index (κ1) is 12.4. The Morgan fingerprint density at radius 2 is 2.11 bits per heavy atom. The van der Waals surface area contributed by atoms with Gasteiger partial charge < -0.3 is 9.88 Å². The Morgan fingerprint density at radius 1 is 1.32 bits per heavy atom. The number of imidazole rings is 1. The highest BCUT2D eigenvalue weighted by Gasteiger charge is 2.22. The van der Waals surface area contributed by atoms with Crippen LogP contribution < -0.4 is 5.32 Å². The SMILES string of the molecule is Cc1ccc(C(C)n2cncc2C2CCNC2)cc1. The van der Waals surface area contributed by atoms with Gasteiger partial charge in [0.15, 0.2) is 0 Å². The van der Waals surface area contributed by atoms with E-state index >= 15 is 0 Å². The van der Waals surface area contributed by atoms with Crippen LogP contribution in [0.3, 0.4) is 0 Å². The highest BCUT2D eigenvalue weighted by atomic mass is 15.1. The number of rotatable bonds is 3. The van der Waals surface area contributed by atoms with Crippen LogP contribution in [0.5, 0.6) is 0 Å². The number of nitrogens with zero attached hydrogens (tertiary/aromatic N) is 2. The topological polar surface area (TPSA) is 29.9 Å². The Balaban J connectivity index is 1.89. The zero-order valence-electron chi connectivity index (χ0n) is 11.6. The van der Waals surface area contributed by atoms with Crippen molar-refractivity contribution in [3.8, 4) is 0 Å². The summed E-state index contributed by atoms with van der Waals surface area (Å²) in [6, 6.07) is 9.14. The van der Waals surface area contributed by atoms with E-state index in [-0.39, 0.29) is 0 Å². The summed E-state index contributed by atoms with van der Waals surface area (Å²) in [6.45, 7) is 6.57. The Kier molecular flexibility index (Phi) is 3.38. The van der Waals surface area contributed by atoms with E-state index in [2.05, 4.69) is 53.0 Å². The van der Waals surface area contributed by atoms with Crippen LogP contribution in [-0.4, -0.2) is 22.6 Å². The molecule has 3 rings (SSSR count). The smallest absolute Gasteiger partial charge is 0.0953 e. The summed E-state index contributed by atoms with van der Waals surface area (Å²) < 4.78 is 2.32. The van der Waals surface area contributed by atoms with Gasteiger partial charge in [0.1, 0.15) is 0 Å². The molecule has 1 N–H and O–H groups in total. The van der Waals surface area contributed by atoms with Gasteiger partial charge in [0.25, 0.3) is 0 Å². The first-order valence-electron chi connectivity index (χ1n) is 7.04. The van der Waals surface area contributed by atoms with E-state index in [4.69, 9.17) is 0 Å². The van der Waals surface area contributed by atoms with Crippen molar-refractivity contribution in [3.63, 3.8) is 0 Å². The Labute approximate surface area is 114 Å². The lowest BCUT2D eigenvalue weighted by atomic mass is 10.0. The van der Waals surface area contributed by atoms with Crippen molar-refractivity contribution in [2.45, 2.75) is 32.2 Å². The molecule has 100 valence electrons. The van der Waals surface area contributed by atoms with E-state index in [1.807, 2.05) is 12.5 Å². The highest BCUT2D eigenvalue weighted by Crippen LogP contribution is 2.27. The standard InChI is InChI=1S/C16H21N3/c1-12-3-5-14(6-4-12)13(2)19-11-18-10-16(19)15-7-8-17-9-15/h3-6,10-11,13,15,17H,7-9H2,1-2H3. The van der Waals surface area contributed by atoms with Gasteiger partial charge in [0.05, 0.1) is 12.4 Å². The zero-order chi connectivity index (χ0) is 13.2. The van der Waals surface area contributed by atoms with Gasteiger partial charge in [0.2, 0.25) is 0 Å². The molecule has 0 radical (unpaired) electrons. The molecule has 2 heterocycles. The van der Waals surface area contributed by atoms with Crippen LogP contribution in [0.2, 0.25) is 0 Å². The maximum absolute atomic E-state index is 4.37. The van der Waals surface area contributed by atoms with Crippen molar-refractivity contribution in [1.29, 1.82) is 0 Å². The monoisotopic (exact) mass is 255 g/mol. The number of nitrogens with one attached hydrogen (secondary N) is 1. The number of benzene rings is 1. The lowest BCUT2D eigenvalue weighted by Crippen LogP contribution is -2.14. The Bertz CT molecular complexity index is 535. The number of hydrogen-bond donors (Lipinski definition) is 1. The van der Waals surface area contributed by atoms with E-state index in [1.54, 1.807) is 0 Å². The van der Waals surface area contributed by atoms with Gasteiger partial charge in [0, 0.05) is 24.4 Å². The summed E-state index contributed by atoms with van der Waals surface area (Å²) in [5.74, 6) is 0.607. The first-order valence-corrected chi connectivity index (χ1v) is 7.04. The molecule has 1 fully saturated rings. The van der Waals surface area contributed by atoms with Crippen LogP contribution in [0.15, 0.2) is 36.8 Å². The molecule has 2 unspecified atom stereocenters. The van der Waals surface area contributed by atoms with Gasteiger partial charge in [-0.2, -0.15) is 0 Å². The number of aromatic nitrogens is 2. The molecule has 1 aliphatic rings. The molecular weight excluding hydrogens is 234 g/mol. The van der Waals surface area contributed by atoms with Crippen LogP contribution in [0.25, 0.3) is 0 Å². The van der Waals surface area contributed by atoms with E-state index in [0.29, 0.717) is 12.0 Å². The molecule has 2 atom stereocenters. The average molecular weight is 255 g/mol. The van der Waals surface area contributed by atoms with Gasteiger partial charge >= 0.3 is 0 Å². The van der Waals surface area contributed by atoms with Gasteiger partial charge in [-0.25, -0.2) is 4.98 Å². The molecular formula is C16H21N3. The fourth-order valence-electron chi connectivity index (χ4n) is 2.87. The summed E-state index contributed by atoms with van der Waals surface area (Å²) in [4.78, 5) is 4.37. The van der Waals surface area contributed by atoms with Crippen molar-refractivity contribution in [2.75, 3.05) is 13.1 Å². The highest BCUT2D eigenvalue weighted by molar-refractivity contribution is 5.25. The molecule has 0 saturated carbocycles. The summed E-state index contributed by atoms with van der Waals surface area (Å²) in [7, 11) is 0. The van der Waals surface area contributed by atoms with E-state index in [9.17, 15) is 0 Å². The van der Waals surface area contributed by atoms with Gasteiger partial charge in [-0.1, -0.05) is 29.8 Å². The fraction of sp³-hybridized carbons (Fsp3) is 0.438. The molecule has 0 bridgehead atoms. The summed E-state index contributed by atoms with van der Waals surface area (Å²) in [5.41, 5.74) is 4.01. The maximum Gasteiger partial charge on any atom is 0.0953 e. The van der Waals surface area contributed by atoms with Gasteiger partial charge in [-0.05, 0) is 32.4 Å². The van der Waals surface area contributed by atoms with E-state index in [1.165, 1.54) is 23.2 Å². The summed E-state index contributed by atoms with van der Waals surface area (Å²) in [6.07, 6.45) is 5.22. The third-order valence-corrected chi connectivity index (χ3v) is 4.15. The largest absolute Gasteiger partial charge is 0.327 e. The molecule has 1 aromatic heterocycles. The summed E-state index contributed by atoms with van der Waals surface area (Å²) >= 11 is 0. The zero-order valence-corrected chi connectivity index (χ0v) is 11.6. The summed E-state index contributed by atoms with van der Waals surface area (Å²) in [5, 5.41) is 3.43. The quantitative estimate of drug-likeness (QED) is 0.914. The third kappa shape index (κ3) is 2.43. The first-order chi connectivity index (χ1) is 9.25. The Morgan fingerprint density at radius 3 is 2.79 bits per heavy atom. The maximum atomic E-state index is 4.37. The minimum atomic E-state index is 0.346. The molecule has 1 saturated heterocycles.